The number of sulfone groups is 1. The van der Waals surface area contributed by atoms with Gasteiger partial charge < -0.3 is 16.2 Å². The van der Waals surface area contributed by atoms with E-state index in [2.05, 4.69) is 0 Å². The summed E-state index contributed by atoms with van der Waals surface area (Å²) < 4.78 is 31.6. The van der Waals surface area contributed by atoms with Gasteiger partial charge in [-0.3, -0.25) is 0 Å². The first-order valence-electron chi connectivity index (χ1n) is 8.25. The van der Waals surface area contributed by atoms with E-state index in [0.29, 0.717) is 4.90 Å². The third-order valence-corrected chi connectivity index (χ3v) is 7.64. The Bertz CT molecular complexity index is 841. The van der Waals surface area contributed by atoms with Gasteiger partial charge in [-0.2, -0.15) is 0 Å². The minimum absolute atomic E-state index is 0.209. The maximum absolute atomic E-state index is 13.2. The molecule has 0 spiro atoms. The van der Waals surface area contributed by atoms with Crippen LogP contribution in [0.4, 0.5) is 0 Å². The van der Waals surface area contributed by atoms with Crippen LogP contribution in [0.2, 0.25) is 0 Å². The van der Waals surface area contributed by atoms with Gasteiger partial charge in [-0.25, -0.2) is 8.42 Å². The zero-order valence-corrected chi connectivity index (χ0v) is 15.3. The lowest BCUT2D eigenvalue weighted by Gasteiger charge is -2.13. The van der Waals surface area contributed by atoms with Crippen LogP contribution in [-0.4, -0.2) is 33.9 Å². The summed E-state index contributed by atoms with van der Waals surface area (Å²) in [6.45, 7) is 2.39. The summed E-state index contributed by atoms with van der Waals surface area (Å²) in [7, 11) is -1.92. The van der Waals surface area contributed by atoms with Crippen molar-refractivity contribution in [2.45, 2.75) is 23.0 Å². The summed E-state index contributed by atoms with van der Waals surface area (Å²) in [5.74, 6) is 0.521. The maximum Gasteiger partial charge on any atom is 0.182 e. The van der Waals surface area contributed by atoms with E-state index in [-0.39, 0.29) is 19.0 Å². The molecule has 1 aliphatic rings. The molecule has 0 amide bonds. The Morgan fingerprint density at radius 1 is 1.00 bits per heavy atom. The van der Waals surface area contributed by atoms with Crippen LogP contribution in [-0.2, 0) is 9.84 Å². The van der Waals surface area contributed by atoms with E-state index < -0.39 is 20.5 Å². The van der Waals surface area contributed by atoms with Crippen molar-refractivity contribution in [3.8, 4) is 5.75 Å². The van der Waals surface area contributed by atoms with Crippen molar-refractivity contribution in [2.24, 2.45) is 16.9 Å². The van der Waals surface area contributed by atoms with Gasteiger partial charge in [-0.1, -0.05) is 29.8 Å². The van der Waals surface area contributed by atoms with Gasteiger partial charge in [0.25, 0.3) is 0 Å². The average molecular weight is 360 g/mol. The van der Waals surface area contributed by atoms with Crippen molar-refractivity contribution in [3.05, 3.63) is 59.7 Å². The van der Waals surface area contributed by atoms with Crippen molar-refractivity contribution in [3.63, 3.8) is 0 Å². The number of hydrogen-bond acceptors (Lipinski definition) is 5. The molecule has 25 heavy (non-hydrogen) atoms. The Morgan fingerprint density at radius 2 is 1.56 bits per heavy atom. The molecule has 0 unspecified atom stereocenters. The molecule has 6 heteroatoms. The fraction of sp³-hybridized carbons (Fsp3) is 0.368. The van der Waals surface area contributed by atoms with Crippen molar-refractivity contribution >= 4 is 9.84 Å². The van der Waals surface area contributed by atoms with E-state index in [0.717, 1.165) is 16.9 Å². The summed E-state index contributed by atoms with van der Waals surface area (Å²) in [4.78, 5) is 0.324. The SMILES string of the molecule is COc1ccc([C@H]2[C@@H](S(=O)(=O)c3ccc(C)cc3)C2(CN)CN)cc1. The molecule has 0 aromatic heterocycles. The molecule has 2 aromatic rings. The Kier molecular flexibility index (Phi) is 4.62. The van der Waals surface area contributed by atoms with E-state index in [1.54, 1.807) is 19.2 Å². The van der Waals surface area contributed by atoms with Crippen LogP contribution in [0.1, 0.15) is 17.0 Å². The second-order valence-electron chi connectivity index (χ2n) is 6.67. The number of rotatable bonds is 6. The quantitative estimate of drug-likeness (QED) is 0.820. The Morgan fingerprint density at radius 3 is 2.04 bits per heavy atom. The standard InChI is InChI=1S/C19H24N2O3S/c1-13-3-9-16(10-4-13)25(22,23)18-17(19(18,11-20)12-21)14-5-7-15(24-2)8-6-14/h3-10,17-18H,11-12,20-21H2,1-2H3/t17-,18+/m0/s1. The first kappa shape index (κ1) is 17.9. The third kappa shape index (κ3) is 2.84. The topological polar surface area (TPSA) is 95.4 Å². The molecule has 1 fully saturated rings. The van der Waals surface area contributed by atoms with Crippen molar-refractivity contribution in [1.29, 1.82) is 0 Å². The number of nitrogens with two attached hydrogens (primary N) is 2. The van der Waals surface area contributed by atoms with Crippen LogP contribution < -0.4 is 16.2 Å². The highest BCUT2D eigenvalue weighted by atomic mass is 32.2. The summed E-state index contributed by atoms with van der Waals surface area (Å²) in [6, 6.07) is 14.4. The Balaban J connectivity index is 2.02. The number of aryl methyl sites for hydroxylation is 1. The highest BCUT2D eigenvalue weighted by molar-refractivity contribution is 7.92. The van der Waals surface area contributed by atoms with Crippen LogP contribution in [0.3, 0.4) is 0 Å². The van der Waals surface area contributed by atoms with Crippen molar-refractivity contribution in [2.75, 3.05) is 20.2 Å². The van der Waals surface area contributed by atoms with Crippen LogP contribution in [0, 0.1) is 12.3 Å². The molecule has 134 valence electrons. The Hall–Kier alpha value is -1.89. The fourth-order valence-electron chi connectivity index (χ4n) is 3.70. The van der Waals surface area contributed by atoms with Crippen LogP contribution >= 0.6 is 0 Å². The molecule has 5 nitrogen and oxygen atoms in total. The predicted molar refractivity (Wildman–Crippen MR) is 98.4 cm³/mol. The van der Waals surface area contributed by atoms with Gasteiger partial charge in [-0.05, 0) is 36.8 Å². The molecule has 0 aliphatic heterocycles. The molecule has 1 saturated carbocycles. The molecule has 1 aliphatic carbocycles. The van der Waals surface area contributed by atoms with Gasteiger partial charge in [0.2, 0.25) is 0 Å². The second-order valence-corrected chi connectivity index (χ2v) is 8.74. The molecule has 2 atom stereocenters. The van der Waals surface area contributed by atoms with E-state index in [9.17, 15) is 8.42 Å². The first-order chi connectivity index (χ1) is 11.9. The predicted octanol–water partition coefficient (Wildman–Crippen LogP) is 1.85. The summed E-state index contributed by atoms with van der Waals surface area (Å²) in [5.41, 5.74) is 13.3. The second kappa shape index (κ2) is 6.44. The summed E-state index contributed by atoms with van der Waals surface area (Å²) in [5, 5.41) is -0.605. The third-order valence-electron chi connectivity index (χ3n) is 5.30. The first-order valence-corrected chi connectivity index (χ1v) is 9.80. The van der Waals surface area contributed by atoms with E-state index in [1.807, 2.05) is 43.3 Å². The zero-order valence-electron chi connectivity index (χ0n) is 14.5. The van der Waals surface area contributed by atoms with Gasteiger partial charge in [0, 0.05) is 24.4 Å². The van der Waals surface area contributed by atoms with Crippen LogP contribution in [0.25, 0.3) is 0 Å². The average Bonchev–Trinajstić information content (AvgIpc) is 3.33. The number of methoxy groups -OCH3 is 1. The number of ether oxygens (including phenoxy) is 1. The van der Waals surface area contributed by atoms with Gasteiger partial charge in [0.1, 0.15) is 5.75 Å². The smallest absolute Gasteiger partial charge is 0.182 e. The van der Waals surface area contributed by atoms with Crippen LogP contribution in [0.5, 0.6) is 5.75 Å². The van der Waals surface area contributed by atoms with E-state index in [4.69, 9.17) is 16.2 Å². The number of hydrogen-bond donors (Lipinski definition) is 2. The van der Waals surface area contributed by atoms with Gasteiger partial charge in [0.05, 0.1) is 17.3 Å². The molecule has 0 heterocycles. The molecule has 4 N–H and O–H groups in total. The lowest BCUT2D eigenvalue weighted by Crippen LogP contribution is -2.31. The highest BCUT2D eigenvalue weighted by Crippen LogP contribution is 2.63. The minimum atomic E-state index is -3.52. The molecule has 0 radical (unpaired) electrons. The molecular weight excluding hydrogens is 336 g/mol. The molecule has 2 aromatic carbocycles. The monoisotopic (exact) mass is 360 g/mol. The molecular formula is C19H24N2O3S. The highest BCUT2D eigenvalue weighted by Gasteiger charge is 2.69. The van der Waals surface area contributed by atoms with Crippen LogP contribution in [0.15, 0.2) is 53.4 Å². The summed E-state index contributed by atoms with van der Waals surface area (Å²) >= 11 is 0. The molecule has 0 bridgehead atoms. The normalized spacial score (nSPS) is 21.8. The maximum atomic E-state index is 13.2. The zero-order chi connectivity index (χ0) is 18.2. The lowest BCUT2D eigenvalue weighted by molar-refractivity contribution is 0.414. The number of benzene rings is 2. The van der Waals surface area contributed by atoms with Crippen molar-refractivity contribution in [1.82, 2.24) is 0 Å². The van der Waals surface area contributed by atoms with Gasteiger partial charge in [-0.15, -0.1) is 0 Å². The van der Waals surface area contributed by atoms with Gasteiger partial charge in [0.15, 0.2) is 9.84 Å². The molecule has 0 saturated heterocycles. The summed E-state index contributed by atoms with van der Waals surface area (Å²) in [6.07, 6.45) is 0. The lowest BCUT2D eigenvalue weighted by atomic mass is 9.99. The van der Waals surface area contributed by atoms with Crippen molar-refractivity contribution < 1.29 is 13.2 Å². The van der Waals surface area contributed by atoms with E-state index >= 15 is 0 Å². The fourth-order valence-corrected chi connectivity index (χ4v) is 6.18. The minimum Gasteiger partial charge on any atom is -0.497 e. The largest absolute Gasteiger partial charge is 0.497 e. The Labute approximate surface area is 148 Å². The van der Waals surface area contributed by atoms with Gasteiger partial charge >= 0.3 is 0 Å². The van der Waals surface area contributed by atoms with E-state index in [1.165, 1.54) is 0 Å². The molecule has 3 rings (SSSR count).